The van der Waals surface area contributed by atoms with Gasteiger partial charge in [-0.15, -0.1) is 0 Å². The van der Waals surface area contributed by atoms with Crippen molar-refractivity contribution in [2.45, 2.75) is 30.6 Å². The van der Waals surface area contributed by atoms with Gasteiger partial charge < -0.3 is 0 Å². The van der Waals surface area contributed by atoms with Gasteiger partial charge in [-0.2, -0.15) is 0 Å². The van der Waals surface area contributed by atoms with Crippen molar-refractivity contribution >= 4 is 0 Å². The summed E-state index contributed by atoms with van der Waals surface area (Å²) in [4.78, 5) is 0. The molecule has 0 heterocycles. The lowest BCUT2D eigenvalue weighted by molar-refractivity contribution is 0.104. The quantitative estimate of drug-likeness (QED) is 0.642. The van der Waals surface area contributed by atoms with Gasteiger partial charge >= 0.3 is 0 Å². The first kappa shape index (κ1) is 11.2. The summed E-state index contributed by atoms with van der Waals surface area (Å²) in [6.07, 6.45) is 0. The molecule has 0 radical (unpaired) electrons. The van der Waals surface area contributed by atoms with E-state index >= 15 is 0 Å². The van der Waals surface area contributed by atoms with E-state index in [0.717, 1.165) is 22.3 Å². The molecule has 1 saturated carbocycles. The van der Waals surface area contributed by atoms with Crippen LogP contribution in [0.1, 0.15) is 46.9 Å². The zero-order valence-corrected chi connectivity index (χ0v) is 10.6. The predicted octanol–water partition coefficient (Wildman–Crippen LogP) is 4.67. The van der Waals surface area contributed by atoms with Crippen LogP contribution in [0, 0.1) is 0 Å². The highest BCUT2D eigenvalue weighted by atomic mass is 19.3. The van der Waals surface area contributed by atoms with Gasteiger partial charge in [0.25, 0.3) is 5.92 Å². The Balaban J connectivity index is 2.02. The minimum absolute atomic E-state index is 0.191. The third-order valence-electron chi connectivity index (χ3n) is 4.65. The van der Waals surface area contributed by atoms with Gasteiger partial charge in [-0.3, -0.25) is 0 Å². The van der Waals surface area contributed by atoms with E-state index in [2.05, 4.69) is 6.92 Å². The summed E-state index contributed by atoms with van der Waals surface area (Å²) in [5.74, 6) is -3.66. The molecule has 2 aliphatic carbocycles. The van der Waals surface area contributed by atoms with Crippen LogP contribution in [0.4, 0.5) is 8.78 Å². The van der Waals surface area contributed by atoms with Crippen molar-refractivity contribution < 1.29 is 8.78 Å². The number of hydrogen-bond acceptors (Lipinski definition) is 0. The van der Waals surface area contributed by atoms with Crippen molar-refractivity contribution in [2.24, 2.45) is 0 Å². The van der Waals surface area contributed by atoms with E-state index < -0.39 is 17.8 Å². The molecule has 2 unspecified atom stereocenters. The standard InChI is InChI=1S/C17H14F2/c1-10-11-6-2-4-8-13(11)15-16(17(15,18)19)14-9-5-3-7-12(10)14/h2-10,15-16H,1H3. The second kappa shape index (κ2) is 3.44. The molecule has 0 aromatic heterocycles. The van der Waals surface area contributed by atoms with Gasteiger partial charge in [-0.25, -0.2) is 8.78 Å². The maximum atomic E-state index is 14.2. The van der Waals surface area contributed by atoms with Crippen LogP contribution in [0.3, 0.4) is 0 Å². The Kier molecular flexibility index (Phi) is 2.02. The largest absolute Gasteiger partial charge is 0.263 e. The first-order valence-electron chi connectivity index (χ1n) is 6.68. The predicted molar refractivity (Wildman–Crippen MR) is 70.8 cm³/mol. The van der Waals surface area contributed by atoms with Gasteiger partial charge in [0.2, 0.25) is 0 Å². The molecule has 0 nitrogen and oxygen atoms in total. The van der Waals surface area contributed by atoms with Crippen LogP contribution in [-0.2, 0) is 0 Å². The third kappa shape index (κ3) is 1.32. The number of halogens is 2. The van der Waals surface area contributed by atoms with Gasteiger partial charge in [-0.05, 0) is 22.3 Å². The molecule has 2 aromatic carbocycles. The Hall–Kier alpha value is -1.70. The molecule has 96 valence electrons. The Labute approximate surface area is 111 Å². The van der Waals surface area contributed by atoms with E-state index in [0.29, 0.717) is 0 Å². The van der Waals surface area contributed by atoms with Crippen molar-refractivity contribution in [1.82, 2.24) is 0 Å². The monoisotopic (exact) mass is 256 g/mol. The van der Waals surface area contributed by atoms with Crippen LogP contribution in [0.2, 0.25) is 0 Å². The molecule has 0 bridgehead atoms. The SMILES string of the molecule is CC1c2ccccc2C2C(c3ccccc31)C2(F)F. The van der Waals surface area contributed by atoms with Gasteiger partial charge in [0.1, 0.15) is 0 Å². The van der Waals surface area contributed by atoms with Gasteiger partial charge in [0.15, 0.2) is 0 Å². The summed E-state index contributed by atoms with van der Waals surface area (Å²) in [5, 5.41) is 0. The van der Waals surface area contributed by atoms with E-state index in [4.69, 9.17) is 0 Å². The smallest absolute Gasteiger partial charge is 0.205 e. The maximum absolute atomic E-state index is 14.2. The minimum atomic E-state index is -2.59. The van der Waals surface area contributed by atoms with E-state index in [9.17, 15) is 8.78 Å². The first-order valence-corrected chi connectivity index (χ1v) is 6.68. The van der Waals surface area contributed by atoms with Crippen LogP contribution in [0.25, 0.3) is 0 Å². The molecular weight excluding hydrogens is 242 g/mol. The van der Waals surface area contributed by atoms with Crippen molar-refractivity contribution in [1.29, 1.82) is 0 Å². The topological polar surface area (TPSA) is 0 Å². The molecule has 2 aromatic rings. The van der Waals surface area contributed by atoms with Crippen molar-refractivity contribution in [2.75, 3.05) is 0 Å². The summed E-state index contributed by atoms with van der Waals surface area (Å²) < 4.78 is 28.3. The molecule has 0 spiro atoms. The molecule has 19 heavy (non-hydrogen) atoms. The molecule has 0 aliphatic heterocycles. The normalized spacial score (nSPS) is 29.7. The van der Waals surface area contributed by atoms with Crippen LogP contribution in [-0.4, -0.2) is 5.92 Å². The highest BCUT2D eigenvalue weighted by Gasteiger charge is 2.70. The van der Waals surface area contributed by atoms with Crippen LogP contribution >= 0.6 is 0 Å². The van der Waals surface area contributed by atoms with Crippen LogP contribution in [0.15, 0.2) is 48.5 Å². The molecule has 0 saturated heterocycles. The van der Waals surface area contributed by atoms with E-state index in [1.54, 1.807) is 0 Å². The number of rotatable bonds is 0. The summed E-state index contributed by atoms with van der Waals surface area (Å²) in [5.41, 5.74) is 3.78. The molecule has 0 amide bonds. The lowest BCUT2D eigenvalue weighted by Gasteiger charge is -2.18. The number of benzene rings is 2. The van der Waals surface area contributed by atoms with Crippen LogP contribution in [0.5, 0.6) is 0 Å². The second-order valence-corrected chi connectivity index (χ2v) is 5.61. The Morgan fingerprint density at radius 1 is 0.737 bits per heavy atom. The first-order chi connectivity index (χ1) is 9.12. The fraction of sp³-hybridized carbons (Fsp3) is 0.294. The van der Waals surface area contributed by atoms with Crippen molar-refractivity contribution in [3.8, 4) is 0 Å². The number of alkyl halides is 2. The number of fused-ring (bicyclic) bond motifs is 5. The summed E-state index contributed by atoms with van der Waals surface area (Å²) in [7, 11) is 0. The lowest BCUT2D eigenvalue weighted by atomic mass is 9.88. The van der Waals surface area contributed by atoms with Gasteiger partial charge in [-0.1, -0.05) is 55.5 Å². The second-order valence-electron chi connectivity index (χ2n) is 5.61. The Morgan fingerprint density at radius 2 is 1.11 bits per heavy atom. The number of hydrogen-bond donors (Lipinski definition) is 0. The third-order valence-corrected chi connectivity index (χ3v) is 4.65. The molecule has 2 aliphatic rings. The molecule has 2 heteroatoms. The highest BCUT2D eigenvalue weighted by Crippen LogP contribution is 2.70. The minimum Gasteiger partial charge on any atom is -0.205 e. The summed E-state index contributed by atoms with van der Waals surface area (Å²) in [6.45, 7) is 2.11. The average molecular weight is 256 g/mol. The lowest BCUT2D eigenvalue weighted by Crippen LogP contribution is -2.06. The maximum Gasteiger partial charge on any atom is 0.263 e. The summed E-state index contributed by atoms with van der Waals surface area (Å²) >= 11 is 0. The molecule has 4 rings (SSSR count). The van der Waals surface area contributed by atoms with Crippen LogP contribution < -0.4 is 0 Å². The Bertz CT molecular complexity index is 604. The summed E-state index contributed by atoms with van der Waals surface area (Å²) in [6, 6.07) is 15.4. The van der Waals surface area contributed by atoms with E-state index in [1.165, 1.54) is 0 Å². The Morgan fingerprint density at radius 3 is 1.53 bits per heavy atom. The van der Waals surface area contributed by atoms with Crippen molar-refractivity contribution in [3.63, 3.8) is 0 Å². The fourth-order valence-corrected chi connectivity index (χ4v) is 3.65. The molecular formula is C17H14F2. The average Bonchev–Trinajstić information content (AvgIpc) is 3.02. The fourth-order valence-electron chi connectivity index (χ4n) is 3.65. The zero-order chi connectivity index (χ0) is 13.2. The zero-order valence-electron chi connectivity index (χ0n) is 10.6. The molecule has 2 atom stereocenters. The van der Waals surface area contributed by atoms with Crippen molar-refractivity contribution in [3.05, 3.63) is 70.8 Å². The molecule has 0 N–H and O–H groups in total. The highest BCUT2D eigenvalue weighted by molar-refractivity contribution is 5.56. The van der Waals surface area contributed by atoms with Gasteiger partial charge in [0, 0.05) is 5.92 Å². The van der Waals surface area contributed by atoms with E-state index in [1.807, 2.05) is 48.5 Å². The molecule has 1 fully saturated rings. The van der Waals surface area contributed by atoms with E-state index in [-0.39, 0.29) is 5.92 Å². The van der Waals surface area contributed by atoms with Gasteiger partial charge in [0.05, 0.1) is 11.8 Å².